The van der Waals surface area contributed by atoms with Crippen LogP contribution in [-0.4, -0.2) is 41.0 Å². The van der Waals surface area contributed by atoms with Crippen molar-refractivity contribution in [3.8, 4) is 0 Å². The van der Waals surface area contributed by atoms with Crippen molar-refractivity contribution in [1.29, 1.82) is 0 Å². The van der Waals surface area contributed by atoms with Crippen molar-refractivity contribution in [2.45, 2.75) is 26.1 Å². The molecule has 3 rings (SSSR count). The number of anilines is 1. The Morgan fingerprint density at radius 3 is 2.67 bits per heavy atom. The van der Waals surface area contributed by atoms with Crippen LogP contribution in [0.3, 0.4) is 0 Å². The summed E-state index contributed by atoms with van der Waals surface area (Å²) in [7, 11) is 0. The Morgan fingerprint density at radius 2 is 2.00 bits per heavy atom. The normalized spacial score (nSPS) is 22.5. The molecule has 0 radical (unpaired) electrons. The van der Waals surface area contributed by atoms with Crippen molar-refractivity contribution in [2.24, 2.45) is 0 Å². The van der Waals surface area contributed by atoms with Crippen LogP contribution in [-0.2, 0) is 4.74 Å². The third-order valence-electron chi connectivity index (χ3n) is 3.59. The molecule has 0 aromatic carbocycles. The maximum absolute atomic E-state index is 12.4. The monoisotopic (exact) mass is 287 g/mol. The number of aromatic nitrogens is 2. The minimum atomic E-state index is -0.336. The Kier molecular flexibility index (Phi) is 3.47. The van der Waals surface area contributed by atoms with Gasteiger partial charge in [0.1, 0.15) is 17.0 Å². The van der Waals surface area contributed by atoms with E-state index in [1.165, 1.54) is 4.40 Å². The van der Waals surface area contributed by atoms with Crippen LogP contribution >= 0.6 is 0 Å². The SMILES string of the molecule is C[C@@H]1CN(c2nc3ccccn3c(=O)c2C=O)C[C@H](C)O1. The van der Waals surface area contributed by atoms with Gasteiger partial charge < -0.3 is 9.64 Å². The summed E-state index contributed by atoms with van der Waals surface area (Å²) in [4.78, 5) is 30.3. The van der Waals surface area contributed by atoms with Crippen molar-refractivity contribution in [3.05, 3.63) is 40.3 Å². The Hall–Kier alpha value is -2.21. The summed E-state index contributed by atoms with van der Waals surface area (Å²) in [6.45, 7) is 5.16. The van der Waals surface area contributed by atoms with E-state index in [2.05, 4.69) is 4.98 Å². The number of hydrogen-bond acceptors (Lipinski definition) is 5. The molecule has 0 bridgehead atoms. The van der Waals surface area contributed by atoms with Gasteiger partial charge in [0.2, 0.25) is 0 Å². The van der Waals surface area contributed by atoms with Gasteiger partial charge in [0, 0.05) is 19.3 Å². The van der Waals surface area contributed by atoms with Crippen LogP contribution in [0.2, 0.25) is 0 Å². The van der Waals surface area contributed by atoms with Gasteiger partial charge in [-0.1, -0.05) is 6.07 Å². The van der Waals surface area contributed by atoms with E-state index in [0.29, 0.717) is 30.8 Å². The maximum atomic E-state index is 12.4. The summed E-state index contributed by atoms with van der Waals surface area (Å²) in [5.74, 6) is 0.447. The fourth-order valence-corrected chi connectivity index (χ4v) is 2.79. The minimum absolute atomic E-state index is 0.0317. The molecular weight excluding hydrogens is 270 g/mol. The zero-order valence-electron chi connectivity index (χ0n) is 12.0. The van der Waals surface area contributed by atoms with Crippen LogP contribution < -0.4 is 10.5 Å². The second-order valence-electron chi connectivity index (χ2n) is 5.36. The Balaban J connectivity index is 2.17. The first kappa shape index (κ1) is 13.8. The van der Waals surface area contributed by atoms with Crippen molar-refractivity contribution in [3.63, 3.8) is 0 Å². The first-order chi connectivity index (χ1) is 10.1. The zero-order chi connectivity index (χ0) is 15.0. The lowest BCUT2D eigenvalue weighted by Crippen LogP contribution is -2.47. The first-order valence-electron chi connectivity index (χ1n) is 6.97. The predicted molar refractivity (Wildman–Crippen MR) is 79.1 cm³/mol. The van der Waals surface area contributed by atoms with E-state index in [1.54, 1.807) is 18.3 Å². The second-order valence-corrected chi connectivity index (χ2v) is 5.36. The van der Waals surface area contributed by atoms with Gasteiger partial charge in [-0.05, 0) is 26.0 Å². The van der Waals surface area contributed by atoms with Crippen LogP contribution in [0, 0.1) is 0 Å². The molecule has 0 unspecified atom stereocenters. The number of aldehydes is 1. The highest BCUT2D eigenvalue weighted by atomic mass is 16.5. The number of morpholine rings is 1. The van der Waals surface area contributed by atoms with E-state index in [9.17, 15) is 9.59 Å². The molecule has 2 aromatic rings. The summed E-state index contributed by atoms with van der Waals surface area (Å²) in [5, 5.41) is 0. The van der Waals surface area contributed by atoms with Crippen molar-refractivity contribution in [2.75, 3.05) is 18.0 Å². The van der Waals surface area contributed by atoms with Crippen molar-refractivity contribution in [1.82, 2.24) is 9.38 Å². The molecule has 1 saturated heterocycles. The van der Waals surface area contributed by atoms with E-state index >= 15 is 0 Å². The van der Waals surface area contributed by atoms with Crippen LogP contribution in [0.5, 0.6) is 0 Å². The van der Waals surface area contributed by atoms with Crippen molar-refractivity contribution < 1.29 is 9.53 Å². The number of hydrogen-bond donors (Lipinski definition) is 0. The fraction of sp³-hybridized carbons (Fsp3) is 0.400. The molecule has 1 aliphatic rings. The molecule has 6 heteroatoms. The molecule has 0 N–H and O–H groups in total. The summed E-state index contributed by atoms with van der Waals surface area (Å²) in [6.07, 6.45) is 2.27. The van der Waals surface area contributed by atoms with Crippen molar-refractivity contribution >= 4 is 17.8 Å². The van der Waals surface area contributed by atoms with Gasteiger partial charge in [-0.3, -0.25) is 14.0 Å². The summed E-state index contributed by atoms with van der Waals surface area (Å²) in [5.41, 5.74) is 0.298. The number of fused-ring (bicyclic) bond motifs is 1. The van der Waals surface area contributed by atoms with Gasteiger partial charge in [-0.15, -0.1) is 0 Å². The number of pyridine rings is 1. The lowest BCUT2D eigenvalue weighted by atomic mass is 10.2. The van der Waals surface area contributed by atoms with Crippen LogP contribution in [0.25, 0.3) is 5.65 Å². The lowest BCUT2D eigenvalue weighted by molar-refractivity contribution is -0.00550. The highest BCUT2D eigenvalue weighted by Crippen LogP contribution is 2.20. The van der Waals surface area contributed by atoms with Gasteiger partial charge in [0.15, 0.2) is 6.29 Å². The van der Waals surface area contributed by atoms with E-state index in [4.69, 9.17) is 4.74 Å². The van der Waals surface area contributed by atoms with Crippen LogP contribution in [0.15, 0.2) is 29.2 Å². The maximum Gasteiger partial charge on any atom is 0.270 e. The number of carbonyl (C=O) groups excluding carboxylic acids is 1. The fourth-order valence-electron chi connectivity index (χ4n) is 2.79. The predicted octanol–water partition coefficient (Wildman–Crippen LogP) is 1.12. The minimum Gasteiger partial charge on any atom is -0.372 e. The van der Waals surface area contributed by atoms with E-state index < -0.39 is 0 Å². The van der Waals surface area contributed by atoms with Gasteiger partial charge in [0.25, 0.3) is 5.56 Å². The topological polar surface area (TPSA) is 63.9 Å². The van der Waals surface area contributed by atoms with Crippen LogP contribution in [0.1, 0.15) is 24.2 Å². The highest BCUT2D eigenvalue weighted by Gasteiger charge is 2.26. The molecular formula is C15H17N3O3. The molecule has 110 valence electrons. The number of rotatable bonds is 2. The van der Waals surface area contributed by atoms with Gasteiger partial charge in [0.05, 0.1) is 12.2 Å². The standard InChI is InChI=1S/C15H17N3O3/c1-10-7-17(8-11(2)21-10)14-12(9-19)15(20)18-6-4-3-5-13(18)16-14/h3-6,9-11H,7-8H2,1-2H3/t10-,11+. The average molecular weight is 287 g/mol. The molecule has 21 heavy (non-hydrogen) atoms. The molecule has 3 heterocycles. The van der Waals surface area contributed by atoms with E-state index in [1.807, 2.05) is 24.8 Å². The van der Waals surface area contributed by atoms with E-state index in [-0.39, 0.29) is 23.3 Å². The molecule has 0 aliphatic carbocycles. The van der Waals surface area contributed by atoms with Gasteiger partial charge >= 0.3 is 0 Å². The molecule has 0 amide bonds. The number of ether oxygens (including phenoxy) is 1. The quantitative estimate of drug-likeness (QED) is 0.775. The molecule has 1 fully saturated rings. The second kappa shape index (κ2) is 5.29. The smallest absolute Gasteiger partial charge is 0.270 e. The Labute approximate surface area is 122 Å². The highest BCUT2D eigenvalue weighted by molar-refractivity contribution is 5.83. The summed E-state index contributed by atoms with van der Waals surface area (Å²) >= 11 is 0. The molecule has 2 atom stereocenters. The van der Waals surface area contributed by atoms with E-state index in [0.717, 1.165) is 0 Å². The number of nitrogens with zero attached hydrogens (tertiary/aromatic N) is 3. The summed E-state index contributed by atoms with van der Waals surface area (Å²) < 4.78 is 7.08. The molecule has 1 aliphatic heterocycles. The number of carbonyl (C=O) groups is 1. The molecule has 2 aromatic heterocycles. The Bertz CT molecular complexity index is 731. The third kappa shape index (κ3) is 2.42. The molecule has 0 spiro atoms. The lowest BCUT2D eigenvalue weighted by Gasteiger charge is -2.36. The summed E-state index contributed by atoms with van der Waals surface area (Å²) in [6, 6.07) is 5.31. The third-order valence-corrected chi connectivity index (χ3v) is 3.59. The zero-order valence-corrected chi connectivity index (χ0v) is 12.0. The Morgan fingerprint density at radius 1 is 1.29 bits per heavy atom. The van der Waals surface area contributed by atoms with Gasteiger partial charge in [-0.25, -0.2) is 4.98 Å². The molecule has 6 nitrogen and oxygen atoms in total. The van der Waals surface area contributed by atoms with Crippen LogP contribution in [0.4, 0.5) is 5.82 Å². The average Bonchev–Trinajstić information content (AvgIpc) is 2.46. The largest absolute Gasteiger partial charge is 0.372 e. The molecule has 0 saturated carbocycles. The first-order valence-corrected chi connectivity index (χ1v) is 6.97. The van der Waals surface area contributed by atoms with Gasteiger partial charge in [-0.2, -0.15) is 0 Å².